The molecule has 106 valence electrons. The predicted molar refractivity (Wildman–Crippen MR) is 80.8 cm³/mol. The number of aryl methyl sites for hydroxylation is 2. The van der Waals surface area contributed by atoms with Crippen molar-refractivity contribution >= 4 is 5.82 Å². The van der Waals surface area contributed by atoms with Crippen molar-refractivity contribution in [1.82, 2.24) is 4.98 Å². The summed E-state index contributed by atoms with van der Waals surface area (Å²) < 4.78 is 0. The molecule has 1 fully saturated rings. The van der Waals surface area contributed by atoms with Gasteiger partial charge >= 0.3 is 0 Å². The topological polar surface area (TPSA) is 39.9 Å². The average Bonchev–Trinajstić information content (AvgIpc) is 2.70. The summed E-state index contributed by atoms with van der Waals surface area (Å²) in [7, 11) is 0. The number of hydrogen-bond donors (Lipinski definition) is 0. The zero-order valence-electron chi connectivity index (χ0n) is 12.4. The number of aromatic nitrogens is 1. The van der Waals surface area contributed by atoms with Gasteiger partial charge < -0.3 is 4.90 Å². The van der Waals surface area contributed by atoms with Gasteiger partial charge in [-0.3, -0.25) is 0 Å². The highest BCUT2D eigenvalue weighted by Gasteiger charge is 2.21. The summed E-state index contributed by atoms with van der Waals surface area (Å²) in [5.41, 5.74) is 3.32. The Morgan fingerprint density at radius 2 is 2.05 bits per heavy atom. The van der Waals surface area contributed by atoms with Gasteiger partial charge in [0.2, 0.25) is 0 Å². The Hall–Kier alpha value is -1.56. The van der Waals surface area contributed by atoms with Gasteiger partial charge in [0, 0.05) is 18.8 Å². The normalized spacial score (nSPS) is 22.8. The third-order valence-corrected chi connectivity index (χ3v) is 4.72. The summed E-state index contributed by atoms with van der Waals surface area (Å²) in [5, 5.41) is 9.46. The molecule has 3 rings (SSSR count). The van der Waals surface area contributed by atoms with E-state index in [2.05, 4.69) is 24.0 Å². The molecule has 2 aliphatic rings. The number of nitrogens with zero attached hydrogens (tertiary/aromatic N) is 3. The Morgan fingerprint density at radius 1 is 1.20 bits per heavy atom. The summed E-state index contributed by atoms with van der Waals surface area (Å²) in [6.07, 6.45) is 8.37. The van der Waals surface area contributed by atoms with E-state index in [1.165, 1.54) is 43.4 Å². The van der Waals surface area contributed by atoms with Crippen LogP contribution >= 0.6 is 0 Å². The second-order valence-corrected chi connectivity index (χ2v) is 6.31. The lowest BCUT2D eigenvalue weighted by atomic mass is 9.95. The second-order valence-electron chi connectivity index (χ2n) is 6.31. The summed E-state index contributed by atoms with van der Waals surface area (Å²) in [6.45, 7) is 4.42. The fourth-order valence-corrected chi connectivity index (χ4v) is 3.42. The number of rotatable bonds is 1. The van der Waals surface area contributed by atoms with Crippen LogP contribution in [0.25, 0.3) is 0 Å². The smallest absolute Gasteiger partial charge is 0.146 e. The van der Waals surface area contributed by atoms with E-state index in [9.17, 15) is 5.26 Å². The van der Waals surface area contributed by atoms with Gasteiger partial charge in [-0.25, -0.2) is 4.98 Å². The van der Waals surface area contributed by atoms with Crippen LogP contribution < -0.4 is 4.90 Å². The van der Waals surface area contributed by atoms with Crippen LogP contribution in [-0.2, 0) is 12.8 Å². The molecule has 0 radical (unpaired) electrons. The maximum absolute atomic E-state index is 9.46. The minimum absolute atomic E-state index is 0.778. The first-order valence-corrected chi connectivity index (χ1v) is 7.96. The average molecular weight is 269 g/mol. The van der Waals surface area contributed by atoms with Gasteiger partial charge in [-0.2, -0.15) is 5.26 Å². The Kier molecular flexibility index (Phi) is 3.91. The van der Waals surface area contributed by atoms with E-state index >= 15 is 0 Å². The molecule has 0 N–H and O–H groups in total. The highest BCUT2D eigenvalue weighted by molar-refractivity contribution is 5.56. The number of pyridine rings is 1. The van der Waals surface area contributed by atoms with E-state index < -0.39 is 0 Å². The van der Waals surface area contributed by atoms with Crippen LogP contribution in [-0.4, -0.2) is 18.1 Å². The van der Waals surface area contributed by atoms with E-state index in [0.29, 0.717) is 0 Å². The van der Waals surface area contributed by atoms with Crippen LogP contribution in [0.1, 0.15) is 55.8 Å². The van der Waals surface area contributed by atoms with Gasteiger partial charge in [-0.05, 0) is 62.5 Å². The quantitative estimate of drug-likeness (QED) is 0.784. The van der Waals surface area contributed by atoms with Crippen molar-refractivity contribution in [2.24, 2.45) is 5.92 Å². The fourth-order valence-electron chi connectivity index (χ4n) is 3.42. The van der Waals surface area contributed by atoms with Crippen LogP contribution in [0.4, 0.5) is 5.82 Å². The molecule has 3 heteroatoms. The van der Waals surface area contributed by atoms with Crippen molar-refractivity contribution in [3.63, 3.8) is 0 Å². The molecule has 1 aromatic heterocycles. The molecule has 0 aromatic carbocycles. The Bertz CT molecular complexity index is 530. The van der Waals surface area contributed by atoms with Crippen molar-refractivity contribution in [3.05, 3.63) is 22.9 Å². The van der Waals surface area contributed by atoms with Crippen molar-refractivity contribution in [3.8, 4) is 6.07 Å². The highest BCUT2D eigenvalue weighted by Crippen LogP contribution is 2.28. The minimum Gasteiger partial charge on any atom is -0.356 e. The van der Waals surface area contributed by atoms with E-state index in [-0.39, 0.29) is 0 Å². The van der Waals surface area contributed by atoms with Crippen LogP contribution in [0.15, 0.2) is 6.07 Å². The largest absolute Gasteiger partial charge is 0.356 e. The van der Waals surface area contributed by atoms with Crippen molar-refractivity contribution in [2.75, 3.05) is 18.0 Å². The standard InChI is InChI=1S/C17H23N3/c1-13-5-4-9-20(10-8-13)17-15(12-18)11-14-6-2-3-7-16(14)19-17/h11,13H,2-10H2,1H3. The van der Waals surface area contributed by atoms with Gasteiger partial charge in [0.15, 0.2) is 0 Å². The van der Waals surface area contributed by atoms with Crippen LogP contribution in [0.3, 0.4) is 0 Å². The minimum atomic E-state index is 0.778. The van der Waals surface area contributed by atoms with Gasteiger partial charge in [-0.1, -0.05) is 6.92 Å². The predicted octanol–water partition coefficient (Wildman–Crippen LogP) is 3.46. The lowest BCUT2D eigenvalue weighted by Crippen LogP contribution is -2.27. The van der Waals surface area contributed by atoms with E-state index in [1.807, 2.05) is 0 Å². The number of nitriles is 1. The molecule has 1 aliphatic heterocycles. The molecule has 3 nitrogen and oxygen atoms in total. The molecule has 20 heavy (non-hydrogen) atoms. The Morgan fingerprint density at radius 3 is 2.90 bits per heavy atom. The summed E-state index contributed by atoms with van der Waals surface area (Å²) >= 11 is 0. The summed E-state index contributed by atoms with van der Waals surface area (Å²) in [6, 6.07) is 4.47. The molecule has 1 unspecified atom stereocenters. The Labute approximate surface area is 121 Å². The number of anilines is 1. The Balaban J connectivity index is 1.93. The van der Waals surface area contributed by atoms with Gasteiger partial charge in [0.1, 0.15) is 11.9 Å². The first-order valence-electron chi connectivity index (χ1n) is 7.96. The molecule has 1 atom stereocenters. The number of fused-ring (bicyclic) bond motifs is 1. The molecule has 1 aromatic rings. The molecule has 0 amide bonds. The molecule has 2 heterocycles. The monoisotopic (exact) mass is 269 g/mol. The zero-order chi connectivity index (χ0) is 13.9. The van der Waals surface area contributed by atoms with Crippen molar-refractivity contribution < 1.29 is 0 Å². The van der Waals surface area contributed by atoms with Crippen LogP contribution in [0, 0.1) is 17.2 Å². The number of hydrogen-bond acceptors (Lipinski definition) is 3. The first kappa shape index (κ1) is 13.4. The molecule has 0 bridgehead atoms. The van der Waals surface area contributed by atoms with Gasteiger partial charge in [0.05, 0.1) is 5.56 Å². The maximum Gasteiger partial charge on any atom is 0.146 e. The molecule has 0 spiro atoms. The van der Waals surface area contributed by atoms with Crippen molar-refractivity contribution in [1.29, 1.82) is 5.26 Å². The summed E-state index contributed by atoms with van der Waals surface area (Å²) in [4.78, 5) is 7.22. The molecular formula is C17H23N3. The molecule has 1 aliphatic carbocycles. The SMILES string of the molecule is CC1CCCN(c2nc3c(cc2C#N)CCCC3)CC1. The lowest BCUT2D eigenvalue weighted by Gasteiger charge is -2.25. The zero-order valence-corrected chi connectivity index (χ0v) is 12.4. The summed E-state index contributed by atoms with van der Waals surface area (Å²) in [5.74, 6) is 1.74. The van der Waals surface area contributed by atoms with Crippen LogP contribution in [0.5, 0.6) is 0 Å². The fraction of sp³-hybridized carbons (Fsp3) is 0.647. The van der Waals surface area contributed by atoms with E-state index in [4.69, 9.17) is 4.98 Å². The highest BCUT2D eigenvalue weighted by atomic mass is 15.2. The molecular weight excluding hydrogens is 246 g/mol. The third-order valence-electron chi connectivity index (χ3n) is 4.72. The lowest BCUT2D eigenvalue weighted by molar-refractivity contribution is 0.521. The van der Waals surface area contributed by atoms with E-state index in [1.54, 1.807) is 0 Å². The molecule has 1 saturated heterocycles. The van der Waals surface area contributed by atoms with Gasteiger partial charge in [0.25, 0.3) is 0 Å². The first-order chi connectivity index (χ1) is 9.78. The third kappa shape index (κ3) is 2.65. The molecule has 0 saturated carbocycles. The van der Waals surface area contributed by atoms with Gasteiger partial charge in [-0.15, -0.1) is 0 Å². The second kappa shape index (κ2) is 5.83. The maximum atomic E-state index is 9.46. The van der Waals surface area contributed by atoms with Crippen LogP contribution in [0.2, 0.25) is 0 Å². The van der Waals surface area contributed by atoms with E-state index in [0.717, 1.165) is 43.2 Å². The van der Waals surface area contributed by atoms with Crippen molar-refractivity contribution in [2.45, 2.75) is 51.9 Å².